The first kappa shape index (κ1) is 18.0. The number of ether oxygens (including phenoxy) is 1. The van der Waals surface area contributed by atoms with Crippen LogP contribution in [0.15, 0.2) is 18.3 Å². The zero-order valence-corrected chi connectivity index (χ0v) is 13.6. The minimum atomic E-state index is -0.296. The summed E-state index contributed by atoms with van der Waals surface area (Å²) in [6, 6.07) is 3.35. The summed E-state index contributed by atoms with van der Waals surface area (Å²) in [4.78, 5) is 6.57. The van der Waals surface area contributed by atoms with Crippen LogP contribution in [-0.2, 0) is 4.74 Å². The predicted molar refractivity (Wildman–Crippen MR) is 83.8 cm³/mol. The van der Waals surface area contributed by atoms with Gasteiger partial charge in [0.1, 0.15) is 5.82 Å². The quantitative estimate of drug-likeness (QED) is 0.720. The van der Waals surface area contributed by atoms with Crippen LogP contribution in [0.1, 0.15) is 32.0 Å². The average molecular weight is 297 g/mol. The van der Waals surface area contributed by atoms with Crippen LogP contribution in [0.25, 0.3) is 0 Å². The number of rotatable bonds is 10. The van der Waals surface area contributed by atoms with Crippen molar-refractivity contribution in [3.63, 3.8) is 0 Å². The fraction of sp³-hybridized carbons (Fsp3) is 0.688. The van der Waals surface area contributed by atoms with E-state index >= 15 is 0 Å². The van der Waals surface area contributed by atoms with Crippen molar-refractivity contribution in [2.45, 2.75) is 26.3 Å². The fourth-order valence-corrected chi connectivity index (χ4v) is 2.38. The maximum absolute atomic E-state index is 12.9. The van der Waals surface area contributed by atoms with E-state index in [4.69, 9.17) is 4.74 Å². The third-order valence-corrected chi connectivity index (χ3v) is 3.42. The van der Waals surface area contributed by atoms with E-state index in [9.17, 15) is 4.39 Å². The SMILES string of the molecule is CNC(CCN(CCOC)CC(C)C)c1ccc(F)cn1. The third-order valence-electron chi connectivity index (χ3n) is 3.42. The standard InChI is InChI=1S/C16H28FN3O/c1-13(2)12-20(9-10-21-4)8-7-15(18-3)16-6-5-14(17)11-19-16/h5-6,11,13,15,18H,7-10,12H2,1-4H3. The van der Waals surface area contributed by atoms with E-state index in [0.717, 1.165) is 38.4 Å². The highest BCUT2D eigenvalue weighted by Crippen LogP contribution is 2.15. The summed E-state index contributed by atoms with van der Waals surface area (Å²) in [5, 5.41) is 3.26. The van der Waals surface area contributed by atoms with Crippen LogP contribution < -0.4 is 5.32 Å². The minimum Gasteiger partial charge on any atom is -0.383 e. The van der Waals surface area contributed by atoms with Gasteiger partial charge in [0.15, 0.2) is 0 Å². The molecule has 0 aliphatic heterocycles. The van der Waals surface area contributed by atoms with Crippen molar-refractivity contribution < 1.29 is 9.13 Å². The Morgan fingerprint density at radius 3 is 2.62 bits per heavy atom. The number of hydrogen-bond acceptors (Lipinski definition) is 4. The first-order valence-electron chi connectivity index (χ1n) is 7.56. The smallest absolute Gasteiger partial charge is 0.141 e. The average Bonchev–Trinajstić information content (AvgIpc) is 2.46. The molecule has 0 aliphatic carbocycles. The van der Waals surface area contributed by atoms with Crippen LogP contribution in [0.3, 0.4) is 0 Å². The van der Waals surface area contributed by atoms with E-state index in [-0.39, 0.29) is 11.9 Å². The molecule has 0 aliphatic rings. The molecule has 1 rings (SSSR count). The molecule has 1 aromatic heterocycles. The fourth-order valence-electron chi connectivity index (χ4n) is 2.38. The Balaban J connectivity index is 2.55. The molecule has 1 unspecified atom stereocenters. The highest BCUT2D eigenvalue weighted by Gasteiger charge is 2.14. The zero-order valence-electron chi connectivity index (χ0n) is 13.6. The highest BCUT2D eigenvalue weighted by molar-refractivity contribution is 5.09. The Hall–Kier alpha value is -1.04. The zero-order chi connectivity index (χ0) is 15.7. The van der Waals surface area contributed by atoms with Crippen molar-refractivity contribution in [3.8, 4) is 0 Å². The van der Waals surface area contributed by atoms with Crippen LogP contribution in [0.2, 0.25) is 0 Å². The van der Waals surface area contributed by atoms with Crippen LogP contribution in [0.5, 0.6) is 0 Å². The second-order valence-corrected chi connectivity index (χ2v) is 5.72. The summed E-state index contributed by atoms with van der Waals surface area (Å²) in [6.45, 7) is 8.13. The molecular weight excluding hydrogens is 269 g/mol. The minimum absolute atomic E-state index is 0.141. The highest BCUT2D eigenvalue weighted by atomic mass is 19.1. The molecule has 0 bridgehead atoms. The lowest BCUT2D eigenvalue weighted by atomic mass is 10.1. The van der Waals surface area contributed by atoms with E-state index in [2.05, 4.69) is 29.0 Å². The molecule has 120 valence electrons. The van der Waals surface area contributed by atoms with Crippen molar-refractivity contribution in [2.75, 3.05) is 40.4 Å². The molecule has 0 radical (unpaired) electrons. The molecule has 21 heavy (non-hydrogen) atoms. The van der Waals surface area contributed by atoms with Gasteiger partial charge in [0.25, 0.3) is 0 Å². The third kappa shape index (κ3) is 6.98. The van der Waals surface area contributed by atoms with E-state index in [1.54, 1.807) is 13.2 Å². The maximum atomic E-state index is 12.9. The van der Waals surface area contributed by atoms with Gasteiger partial charge in [0, 0.05) is 26.7 Å². The molecule has 0 saturated heterocycles. The van der Waals surface area contributed by atoms with Crippen LogP contribution >= 0.6 is 0 Å². The number of halogens is 1. The van der Waals surface area contributed by atoms with Gasteiger partial charge in [-0.3, -0.25) is 4.98 Å². The normalized spacial score (nSPS) is 13.1. The Morgan fingerprint density at radius 1 is 1.33 bits per heavy atom. The molecule has 0 aromatic carbocycles. The van der Waals surface area contributed by atoms with Gasteiger partial charge in [-0.05, 0) is 31.5 Å². The Kier molecular flexibility index (Phi) is 8.42. The van der Waals surface area contributed by atoms with Crippen molar-refractivity contribution in [1.29, 1.82) is 0 Å². The van der Waals surface area contributed by atoms with E-state index in [0.29, 0.717) is 5.92 Å². The largest absolute Gasteiger partial charge is 0.383 e. The van der Waals surface area contributed by atoms with Crippen molar-refractivity contribution in [2.24, 2.45) is 5.92 Å². The van der Waals surface area contributed by atoms with Crippen molar-refractivity contribution in [3.05, 3.63) is 29.8 Å². The molecular formula is C16H28FN3O. The molecule has 0 spiro atoms. The summed E-state index contributed by atoms with van der Waals surface area (Å²) in [7, 11) is 3.64. The van der Waals surface area contributed by atoms with Gasteiger partial charge in [-0.2, -0.15) is 0 Å². The van der Waals surface area contributed by atoms with Crippen LogP contribution in [0.4, 0.5) is 4.39 Å². The van der Waals surface area contributed by atoms with Crippen LogP contribution in [-0.4, -0.2) is 50.3 Å². The molecule has 0 amide bonds. The number of aromatic nitrogens is 1. The number of nitrogens with one attached hydrogen (secondary N) is 1. The molecule has 0 fully saturated rings. The summed E-state index contributed by atoms with van der Waals surface area (Å²) in [5.41, 5.74) is 0.884. The van der Waals surface area contributed by atoms with Gasteiger partial charge in [-0.25, -0.2) is 4.39 Å². The summed E-state index contributed by atoms with van der Waals surface area (Å²) in [6.07, 6.45) is 2.21. The Bertz CT molecular complexity index is 384. The lowest BCUT2D eigenvalue weighted by molar-refractivity contribution is 0.137. The van der Waals surface area contributed by atoms with Gasteiger partial charge in [-0.1, -0.05) is 13.8 Å². The lowest BCUT2D eigenvalue weighted by Gasteiger charge is -2.26. The maximum Gasteiger partial charge on any atom is 0.141 e. The Morgan fingerprint density at radius 2 is 2.10 bits per heavy atom. The lowest BCUT2D eigenvalue weighted by Crippen LogP contribution is -2.34. The van der Waals surface area contributed by atoms with Crippen molar-refractivity contribution >= 4 is 0 Å². The molecule has 4 nitrogen and oxygen atoms in total. The van der Waals surface area contributed by atoms with E-state index < -0.39 is 0 Å². The summed E-state index contributed by atoms with van der Waals surface area (Å²) in [5.74, 6) is 0.328. The van der Waals surface area contributed by atoms with Gasteiger partial charge >= 0.3 is 0 Å². The van der Waals surface area contributed by atoms with Gasteiger partial charge in [0.05, 0.1) is 24.5 Å². The first-order chi connectivity index (χ1) is 10.1. The summed E-state index contributed by atoms with van der Waals surface area (Å²) >= 11 is 0. The van der Waals surface area contributed by atoms with E-state index in [1.807, 2.05) is 7.05 Å². The molecule has 1 N–H and O–H groups in total. The van der Waals surface area contributed by atoms with Crippen LogP contribution in [0, 0.1) is 11.7 Å². The molecule has 1 heterocycles. The van der Waals surface area contributed by atoms with Gasteiger partial charge < -0.3 is 15.0 Å². The summed E-state index contributed by atoms with van der Waals surface area (Å²) < 4.78 is 18.1. The van der Waals surface area contributed by atoms with Crippen molar-refractivity contribution in [1.82, 2.24) is 15.2 Å². The molecule has 1 atom stereocenters. The Labute approximate surface area is 127 Å². The van der Waals surface area contributed by atoms with Gasteiger partial charge in [-0.15, -0.1) is 0 Å². The van der Waals surface area contributed by atoms with E-state index in [1.165, 1.54) is 12.3 Å². The number of methoxy groups -OCH3 is 1. The second-order valence-electron chi connectivity index (χ2n) is 5.72. The monoisotopic (exact) mass is 297 g/mol. The molecule has 0 saturated carbocycles. The molecule has 1 aromatic rings. The number of nitrogens with zero attached hydrogens (tertiary/aromatic N) is 2. The first-order valence-corrected chi connectivity index (χ1v) is 7.56. The second kappa shape index (κ2) is 9.82. The topological polar surface area (TPSA) is 37.4 Å². The molecule has 5 heteroatoms. The van der Waals surface area contributed by atoms with Gasteiger partial charge in [0.2, 0.25) is 0 Å². The number of pyridine rings is 1. The predicted octanol–water partition coefficient (Wildman–Crippen LogP) is 2.48. The number of hydrogen-bond donors (Lipinski definition) is 1.